The maximum atomic E-state index is 13.6. The van der Waals surface area contributed by atoms with Crippen molar-refractivity contribution in [3.8, 4) is 11.5 Å². The van der Waals surface area contributed by atoms with Crippen molar-refractivity contribution in [2.75, 3.05) is 0 Å². The van der Waals surface area contributed by atoms with E-state index in [0.29, 0.717) is 11.3 Å². The van der Waals surface area contributed by atoms with Crippen LogP contribution in [-0.2, 0) is 0 Å². The first kappa shape index (κ1) is 13.5. The minimum absolute atomic E-state index is 0.0875. The number of benzene rings is 2. The molecule has 2 rings (SSSR count). The fourth-order valence-electron chi connectivity index (χ4n) is 1.82. The molecular weight excluding hydrogens is 250 g/mol. The van der Waals surface area contributed by atoms with Crippen LogP contribution in [0.4, 0.5) is 8.78 Å². The lowest BCUT2D eigenvalue weighted by atomic mass is 10.1. The maximum absolute atomic E-state index is 13.6. The van der Waals surface area contributed by atoms with Crippen molar-refractivity contribution >= 4 is 0 Å². The van der Waals surface area contributed by atoms with Crippen molar-refractivity contribution in [1.29, 1.82) is 0 Å². The standard InChI is InChI=1S/C15H14F2O2/c1-9-8-11(6-7-12(9)16)19-14-5-3-4-13(17)15(14)10(2)18/h3-8,10,18H,1-2H3/t10-/m0/s1. The molecule has 0 saturated heterocycles. The van der Waals surface area contributed by atoms with Crippen LogP contribution in [0.1, 0.15) is 24.2 Å². The van der Waals surface area contributed by atoms with Crippen molar-refractivity contribution < 1.29 is 18.6 Å². The van der Waals surface area contributed by atoms with E-state index >= 15 is 0 Å². The average Bonchev–Trinajstić information content (AvgIpc) is 2.33. The fraction of sp³-hybridized carbons (Fsp3) is 0.200. The van der Waals surface area contributed by atoms with Crippen LogP contribution in [0.25, 0.3) is 0 Å². The van der Waals surface area contributed by atoms with Gasteiger partial charge in [-0.05, 0) is 49.7 Å². The number of hydrogen-bond donors (Lipinski definition) is 1. The van der Waals surface area contributed by atoms with Gasteiger partial charge in [-0.25, -0.2) is 8.78 Å². The molecule has 0 heterocycles. The van der Waals surface area contributed by atoms with Crippen LogP contribution >= 0.6 is 0 Å². The Hall–Kier alpha value is -1.94. The van der Waals surface area contributed by atoms with Gasteiger partial charge in [-0.3, -0.25) is 0 Å². The number of aliphatic hydroxyl groups excluding tert-OH is 1. The number of aryl methyl sites for hydroxylation is 1. The Morgan fingerprint density at radius 2 is 1.84 bits per heavy atom. The minimum Gasteiger partial charge on any atom is -0.457 e. The molecule has 0 aliphatic rings. The molecule has 4 heteroatoms. The Bertz CT molecular complexity index is 595. The molecule has 2 aromatic carbocycles. The highest BCUT2D eigenvalue weighted by molar-refractivity contribution is 5.40. The quantitative estimate of drug-likeness (QED) is 0.903. The van der Waals surface area contributed by atoms with E-state index in [-0.39, 0.29) is 17.1 Å². The van der Waals surface area contributed by atoms with Crippen LogP contribution in [0.5, 0.6) is 11.5 Å². The highest BCUT2D eigenvalue weighted by Gasteiger charge is 2.15. The molecule has 0 unspecified atom stereocenters. The van der Waals surface area contributed by atoms with Gasteiger partial charge in [-0.1, -0.05) is 6.07 Å². The van der Waals surface area contributed by atoms with E-state index in [4.69, 9.17) is 4.74 Å². The Balaban J connectivity index is 2.38. The van der Waals surface area contributed by atoms with Crippen molar-refractivity contribution in [2.45, 2.75) is 20.0 Å². The molecular formula is C15H14F2O2. The Labute approximate surface area is 110 Å². The molecule has 0 spiro atoms. The maximum Gasteiger partial charge on any atom is 0.136 e. The van der Waals surface area contributed by atoms with Gasteiger partial charge in [0.2, 0.25) is 0 Å². The summed E-state index contributed by atoms with van der Waals surface area (Å²) in [7, 11) is 0. The normalized spacial score (nSPS) is 12.3. The second kappa shape index (κ2) is 5.36. The van der Waals surface area contributed by atoms with Crippen LogP contribution in [0.2, 0.25) is 0 Å². The summed E-state index contributed by atoms with van der Waals surface area (Å²) in [5, 5.41) is 9.58. The van der Waals surface area contributed by atoms with Crippen LogP contribution in [0, 0.1) is 18.6 Å². The first-order chi connectivity index (χ1) is 8.99. The number of aliphatic hydroxyl groups is 1. The zero-order chi connectivity index (χ0) is 14.0. The molecule has 0 saturated carbocycles. The van der Waals surface area contributed by atoms with E-state index < -0.39 is 11.9 Å². The zero-order valence-electron chi connectivity index (χ0n) is 10.7. The monoisotopic (exact) mass is 264 g/mol. The van der Waals surface area contributed by atoms with Gasteiger partial charge in [0.25, 0.3) is 0 Å². The lowest BCUT2D eigenvalue weighted by molar-refractivity contribution is 0.190. The van der Waals surface area contributed by atoms with E-state index in [1.165, 1.54) is 37.3 Å². The summed E-state index contributed by atoms with van der Waals surface area (Å²) >= 11 is 0. The second-order valence-electron chi connectivity index (χ2n) is 4.34. The van der Waals surface area contributed by atoms with Gasteiger partial charge in [-0.15, -0.1) is 0 Å². The van der Waals surface area contributed by atoms with Gasteiger partial charge < -0.3 is 9.84 Å². The molecule has 2 aromatic rings. The molecule has 0 amide bonds. The molecule has 0 radical (unpaired) electrons. The highest BCUT2D eigenvalue weighted by atomic mass is 19.1. The largest absolute Gasteiger partial charge is 0.457 e. The van der Waals surface area contributed by atoms with Crippen LogP contribution in [0.15, 0.2) is 36.4 Å². The molecule has 100 valence electrons. The van der Waals surface area contributed by atoms with E-state index in [9.17, 15) is 13.9 Å². The molecule has 0 aliphatic carbocycles. The highest BCUT2D eigenvalue weighted by Crippen LogP contribution is 2.32. The smallest absolute Gasteiger partial charge is 0.136 e. The SMILES string of the molecule is Cc1cc(Oc2cccc(F)c2[C@H](C)O)ccc1F. The van der Waals surface area contributed by atoms with Crippen molar-refractivity contribution in [3.63, 3.8) is 0 Å². The first-order valence-electron chi connectivity index (χ1n) is 5.89. The molecule has 1 N–H and O–H groups in total. The van der Waals surface area contributed by atoms with Crippen molar-refractivity contribution in [2.24, 2.45) is 0 Å². The van der Waals surface area contributed by atoms with Gasteiger partial charge in [0, 0.05) is 0 Å². The van der Waals surface area contributed by atoms with Gasteiger partial charge in [0.1, 0.15) is 23.1 Å². The van der Waals surface area contributed by atoms with Crippen LogP contribution in [-0.4, -0.2) is 5.11 Å². The number of rotatable bonds is 3. The summed E-state index contributed by atoms with van der Waals surface area (Å²) in [6.45, 7) is 3.07. The van der Waals surface area contributed by atoms with E-state index in [1.807, 2.05) is 0 Å². The fourth-order valence-corrected chi connectivity index (χ4v) is 1.82. The second-order valence-corrected chi connectivity index (χ2v) is 4.34. The van der Waals surface area contributed by atoms with Crippen LogP contribution in [0.3, 0.4) is 0 Å². The molecule has 0 aliphatic heterocycles. The molecule has 19 heavy (non-hydrogen) atoms. The molecule has 2 nitrogen and oxygen atoms in total. The van der Waals surface area contributed by atoms with E-state index in [1.54, 1.807) is 13.0 Å². The van der Waals surface area contributed by atoms with Gasteiger partial charge >= 0.3 is 0 Å². The van der Waals surface area contributed by atoms with E-state index in [2.05, 4.69) is 0 Å². The molecule has 1 atom stereocenters. The average molecular weight is 264 g/mol. The minimum atomic E-state index is -0.988. The first-order valence-corrected chi connectivity index (χ1v) is 5.89. The third-order valence-electron chi connectivity index (χ3n) is 2.79. The predicted molar refractivity (Wildman–Crippen MR) is 68.2 cm³/mol. The number of ether oxygens (including phenoxy) is 1. The lowest BCUT2D eigenvalue weighted by Crippen LogP contribution is -2.00. The summed E-state index contributed by atoms with van der Waals surface area (Å²) in [6, 6.07) is 8.57. The summed E-state index contributed by atoms with van der Waals surface area (Å²) in [5.41, 5.74) is 0.525. The molecule has 0 fully saturated rings. The topological polar surface area (TPSA) is 29.5 Å². The Morgan fingerprint density at radius 3 is 2.47 bits per heavy atom. The van der Waals surface area contributed by atoms with Gasteiger partial charge in [-0.2, -0.15) is 0 Å². The number of hydrogen-bond acceptors (Lipinski definition) is 2. The summed E-state index contributed by atoms with van der Waals surface area (Å²) in [6.07, 6.45) is -0.988. The van der Waals surface area contributed by atoms with Gasteiger partial charge in [0.05, 0.1) is 11.7 Å². The van der Waals surface area contributed by atoms with E-state index in [0.717, 1.165) is 0 Å². The summed E-state index contributed by atoms with van der Waals surface area (Å²) < 4.78 is 32.3. The lowest BCUT2D eigenvalue weighted by Gasteiger charge is -2.14. The van der Waals surface area contributed by atoms with Gasteiger partial charge in [0.15, 0.2) is 0 Å². The van der Waals surface area contributed by atoms with Crippen molar-refractivity contribution in [1.82, 2.24) is 0 Å². The van der Waals surface area contributed by atoms with Crippen LogP contribution < -0.4 is 4.74 Å². The zero-order valence-corrected chi connectivity index (χ0v) is 10.7. The number of halogens is 2. The molecule has 0 aromatic heterocycles. The summed E-state index contributed by atoms with van der Waals surface area (Å²) in [4.78, 5) is 0. The third kappa shape index (κ3) is 2.90. The predicted octanol–water partition coefficient (Wildman–Crippen LogP) is 4.12. The Kier molecular flexibility index (Phi) is 3.81. The molecule has 0 bridgehead atoms. The summed E-state index contributed by atoms with van der Waals surface area (Å²) in [5.74, 6) is -0.249. The van der Waals surface area contributed by atoms with Crippen molar-refractivity contribution in [3.05, 3.63) is 59.2 Å². The Morgan fingerprint density at radius 1 is 1.11 bits per heavy atom. The third-order valence-corrected chi connectivity index (χ3v) is 2.79.